The number of esters is 1. The van der Waals surface area contributed by atoms with E-state index >= 15 is 0 Å². The molecule has 0 aliphatic rings. The number of pyridine rings is 1. The molecule has 1 heterocycles. The Morgan fingerprint density at radius 3 is 2.50 bits per heavy atom. The summed E-state index contributed by atoms with van der Waals surface area (Å²) in [6.45, 7) is 0.610. The molecule has 24 heavy (non-hydrogen) atoms. The molecule has 0 radical (unpaired) electrons. The highest BCUT2D eigenvalue weighted by atomic mass is 16.5. The lowest BCUT2D eigenvalue weighted by molar-refractivity contribution is -0.141. The van der Waals surface area contributed by atoms with Gasteiger partial charge in [-0.1, -0.05) is 24.1 Å². The molecule has 0 saturated carbocycles. The third-order valence-electron chi connectivity index (χ3n) is 3.31. The molecule has 5 nitrogen and oxygen atoms in total. The molecule has 0 fully saturated rings. The Balaban J connectivity index is 2.10. The molecule has 0 saturated heterocycles. The van der Waals surface area contributed by atoms with Crippen LogP contribution in [0, 0.1) is 11.8 Å². The molecule has 0 N–H and O–H groups in total. The van der Waals surface area contributed by atoms with Gasteiger partial charge in [0.2, 0.25) is 0 Å². The van der Waals surface area contributed by atoms with Crippen LogP contribution in [0.2, 0.25) is 0 Å². The summed E-state index contributed by atoms with van der Waals surface area (Å²) in [4.78, 5) is 29.3. The third kappa shape index (κ3) is 5.58. The van der Waals surface area contributed by atoms with E-state index in [0.717, 1.165) is 11.1 Å². The van der Waals surface area contributed by atoms with E-state index in [9.17, 15) is 9.59 Å². The Kier molecular flexibility index (Phi) is 6.54. The molecular formula is C19H18N2O3. The lowest BCUT2D eigenvalue weighted by Crippen LogP contribution is -2.31. The van der Waals surface area contributed by atoms with Crippen molar-refractivity contribution in [3.05, 3.63) is 66.0 Å². The summed E-state index contributed by atoms with van der Waals surface area (Å²) in [5.41, 5.74) is 1.69. The highest BCUT2D eigenvalue weighted by Crippen LogP contribution is 2.05. The van der Waals surface area contributed by atoms with Crippen LogP contribution in [0.4, 0.5) is 0 Å². The zero-order valence-electron chi connectivity index (χ0n) is 13.4. The molecule has 1 aromatic heterocycles. The molecule has 0 spiro atoms. The van der Waals surface area contributed by atoms with Crippen molar-refractivity contribution >= 4 is 11.9 Å². The highest BCUT2D eigenvalue weighted by Gasteiger charge is 2.14. The fraction of sp³-hybridized carbons (Fsp3) is 0.211. The van der Waals surface area contributed by atoms with E-state index in [0.29, 0.717) is 6.54 Å². The lowest BCUT2D eigenvalue weighted by Gasteiger charge is -2.19. The molecule has 5 heteroatoms. The van der Waals surface area contributed by atoms with Crippen LogP contribution < -0.4 is 0 Å². The number of hydrogen-bond donors (Lipinski definition) is 0. The van der Waals surface area contributed by atoms with Crippen LogP contribution >= 0.6 is 0 Å². The number of amides is 1. The Morgan fingerprint density at radius 2 is 1.83 bits per heavy atom. The van der Waals surface area contributed by atoms with E-state index in [1.165, 1.54) is 12.0 Å². The van der Waals surface area contributed by atoms with Crippen molar-refractivity contribution in [2.75, 3.05) is 13.7 Å². The number of nitrogens with zero attached hydrogens (tertiary/aromatic N) is 2. The van der Waals surface area contributed by atoms with Crippen LogP contribution in [0.3, 0.4) is 0 Å². The topological polar surface area (TPSA) is 59.5 Å². The Bertz CT molecular complexity index is 733. The van der Waals surface area contributed by atoms with Crippen molar-refractivity contribution in [1.29, 1.82) is 0 Å². The zero-order valence-corrected chi connectivity index (χ0v) is 13.4. The van der Waals surface area contributed by atoms with Gasteiger partial charge in [0.15, 0.2) is 0 Å². The largest absolute Gasteiger partial charge is 0.469 e. The first-order valence-electron chi connectivity index (χ1n) is 7.50. The van der Waals surface area contributed by atoms with Crippen LogP contribution in [0.15, 0.2) is 54.9 Å². The summed E-state index contributed by atoms with van der Waals surface area (Å²) in [5.74, 6) is 4.78. The number of carbonyl (C=O) groups excluding carboxylic acids is 2. The van der Waals surface area contributed by atoms with Gasteiger partial charge in [-0.25, -0.2) is 0 Å². The normalized spacial score (nSPS) is 9.54. The van der Waals surface area contributed by atoms with E-state index in [-0.39, 0.29) is 24.8 Å². The molecule has 0 aliphatic carbocycles. The second kappa shape index (κ2) is 9.11. The molecule has 0 aliphatic heterocycles. The molecule has 2 rings (SSSR count). The molecule has 1 aromatic carbocycles. The van der Waals surface area contributed by atoms with E-state index in [2.05, 4.69) is 21.6 Å². The zero-order chi connectivity index (χ0) is 17.2. The van der Waals surface area contributed by atoms with Gasteiger partial charge in [-0.15, -0.1) is 0 Å². The van der Waals surface area contributed by atoms with Crippen molar-refractivity contribution in [2.24, 2.45) is 0 Å². The Labute approximate surface area is 141 Å². The summed E-state index contributed by atoms with van der Waals surface area (Å²) >= 11 is 0. The first-order chi connectivity index (χ1) is 11.7. The van der Waals surface area contributed by atoms with Crippen molar-refractivity contribution < 1.29 is 14.3 Å². The van der Waals surface area contributed by atoms with Crippen LogP contribution in [-0.4, -0.2) is 35.4 Å². The van der Waals surface area contributed by atoms with Crippen LogP contribution in [0.5, 0.6) is 0 Å². The number of ether oxygens (including phenoxy) is 1. The van der Waals surface area contributed by atoms with Gasteiger partial charge in [-0.2, -0.15) is 0 Å². The second-order valence-electron chi connectivity index (χ2n) is 5.02. The number of rotatable bonds is 5. The second-order valence-corrected chi connectivity index (χ2v) is 5.02. The maximum atomic E-state index is 12.4. The maximum Gasteiger partial charge on any atom is 0.307 e. The van der Waals surface area contributed by atoms with Gasteiger partial charge in [0, 0.05) is 37.0 Å². The van der Waals surface area contributed by atoms with Gasteiger partial charge in [0.25, 0.3) is 5.91 Å². The minimum Gasteiger partial charge on any atom is -0.469 e. The molecule has 2 aromatic rings. The summed E-state index contributed by atoms with van der Waals surface area (Å²) < 4.78 is 4.64. The molecule has 0 atom stereocenters. The summed E-state index contributed by atoms with van der Waals surface area (Å²) in [7, 11) is 1.33. The highest BCUT2D eigenvalue weighted by molar-refractivity contribution is 5.94. The summed E-state index contributed by atoms with van der Waals surface area (Å²) in [5, 5.41) is 0. The van der Waals surface area contributed by atoms with Gasteiger partial charge in [0.05, 0.1) is 13.5 Å². The number of aromatic nitrogens is 1. The van der Waals surface area contributed by atoms with Gasteiger partial charge in [0.1, 0.15) is 0 Å². The van der Waals surface area contributed by atoms with E-state index in [1.54, 1.807) is 12.4 Å². The summed E-state index contributed by atoms with van der Waals surface area (Å²) in [6.07, 6.45) is 3.45. The van der Waals surface area contributed by atoms with Crippen molar-refractivity contribution in [2.45, 2.75) is 13.0 Å². The third-order valence-corrected chi connectivity index (χ3v) is 3.31. The number of carbonyl (C=O) groups is 2. The van der Waals surface area contributed by atoms with Crippen molar-refractivity contribution in [3.63, 3.8) is 0 Å². The number of hydrogen-bond acceptors (Lipinski definition) is 4. The minimum absolute atomic E-state index is 0.125. The fourth-order valence-corrected chi connectivity index (χ4v) is 2.02. The number of methoxy groups -OCH3 is 1. The van der Waals surface area contributed by atoms with E-state index in [4.69, 9.17) is 0 Å². The first-order valence-corrected chi connectivity index (χ1v) is 7.50. The fourth-order valence-electron chi connectivity index (χ4n) is 2.02. The SMILES string of the molecule is COC(=O)CCN(Cc1ccncc1)C(=O)C#Cc1ccccc1. The number of benzene rings is 1. The lowest BCUT2D eigenvalue weighted by atomic mass is 10.2. The van der Waals surface area contributed by atoms with Crippen LogP contribution in [0.1, 0.15) is 17.5 Å². The standard InChI is InChI=1S/C19H18N2O3/c1-24-19(23)11-14-21(15-17-9-12-20-13-10-17)18(22)8-7-16-5-3-2-4-6-16/h2-6,9-10,12-13H,11,14-15H2,1H3. The van der Waals surface area contributed by atoms with Gasteiger partial charge in [-0.05, 0) is 29.8 Å². The monoisotopic (exact) mass is 322 g/mol. The predicted molar refractivity (Wildman–Crippen MR) is 89.6 cm³/mol. The first kappa shape index (κ1) is 17.2. The Morgan fingerprint density at radius 1 is 1.12 bits per heavy atom. The van der Waals surface area contributed by atoms with Gasteiger partial charge in [-0.3, -0.25) is 14.6 Å². The van der Waals surface area contributed by atoms with Crippen molar-refractivity contribution in [3.8, 4) is 11.8 Å². The van der Waals surface area contributed by atoms with E-state index in [1.807, 2.05) is 42.5 Å². The molecule has 0 bridgehead atoms. The van der Waals surface area contributed by atoms with Crippen LogP contribution in [0.25, 0.3) is 0 Å². The molecule has 0 unspecified atom stereocenters. The minimum atomic E-state index is -0.362. The quantitative estimate of drug-likeness (QED) is 0.624. The summed E-state index contributed by atoms with van der Waals surface area (Å²) in [6, 6.07) is 12.9. The smallest absolute Gasteiger partial charge is 0.307 e. The Hall–Kier alpha value is -3.13. The van der Waals surface area contributed by atoms with Crippen molar-refractivity contribution in [1.82, 2.24) is 9.88 Å². The molecular weight excluding hydrogens is 304 g/mol. The predicted octanol–water partition coefficient (Wildman–Crippen LogP) is 2.02. The maximum absolute atomic E-state index is 12.4. The average molecular weight is 322 g/mol. The van der Waals surface area contributed by atoms with Gasteiger partial charge >= 0.3 is 5.97 Å². The van der Waals surface area contributed by atoms with Gasteiger partial charge < -0.3 is 9.64 Å². The average Bonchev–Trinajstić information content (AvgIpc) is 2.64. The van der Waals surface area contributed by atoms with E-state index < -0.39 is 0 Å². The molecule has 122 valence electrons. The molecule has 1 amide bonds. The van der Waals surface area contributed by atoms with Crippen LogP contribution in [-0.2, 0) is 20.9 Å².